The van der Waals surface area contributed by atoms with Gasteiger partial charge in [0.05, 0.1) is 14.2 Å². The molecule has 0 aromatic heterocycles. The normalized spacial score (nSPS) is 14.7. The molecule has 1 aromatic rings. The molecule has 0 aliphatic heterocycles. The summed E-state index contributed by atoms with van der Waals surface area (Å²) in [5.41, 5.74) is 2.68. The van der Waals surface area contributed by atoms with E-state index in [0.717, 1.165) is 11.1 Å². The van der Waals surface area contributed by atoms with Crippen molar-refractivity contribution in [1.82, 2.24) is 0 Å². The van der Waals surface area contributed by atoms with Gasteiger partial charge in [-0.05, 0) is 37.1 Å². The smallest absolute Gasteiger partial charge is 0.232 e. The van der Waals surface area contributed by atoms with Crippen LogP contribution in [0.25, 0.3) is 0 Å². The minimum absolute atomic E-state index is 0.0294. The third-order valence-electron chi connectivity index (χ3n) is 3.15. The molecule has 0 saturated heterocycles. The van der Waals surface area contributed by atoms with Crippen molar-refractivity contribution in [2.75, 3.05) is 14.2 Å². The number of carbonyl (C=O) groups excluding carboxylic acids is 2. The standard InChI is InChI=1S/C14H14O4/c1-7-5-9-10(6-8(7)2)12(16)14(18-4)13(17-3)11(9)15/h5-6H,1-4H3. The second-order valence-electron chi connectivity index (χ2n) is 4.21. The van der Waals surface area contributed by atoms with Crippen LogP contribution in [0.1, 0.15) is 31.8 Å². The highest BCUT2D eigenvalue weighted by atomic mass is 16.5. The lowest BCUT2D eigenvalue weighted by molar-refractivity contribution is 0.0829. The predicted molar refractivity (Wildman–Crippen MR) is 65.6 cm³/mol. The van der Waals surface area contributed by atoms with Crippen LogP contribution in [-0.2, 0) is 9.47 Å². The zero-order chi connectivity index (χ0) is 13.4. The van der Waals surface area contributed by atoms with Crippen LogP contribution in [0.2, 0.25) is 0 Å². The maximum absolute atomic E-state index is 12.2. The molecule has 0 radical (unpaired) electrons. The first-order chi connectivity index (χ1) is 8.51. The molecule has 94 valence electrons. The summed E-state index contributed by atoms with van der Waals surface area (Å²) in [6.45, 7) is 3.80. The number of fused-ring (bicyclic) bond motifs is 1. The molecule has 0 unspecified atom stereocenters. The Bertz CT molecular complexity index is 531. The van der Waals surface area contributed by atoms with Crippen LogP contribution in [0, 0.1) is 13.8 Å². The Morgan fingerprint density at radius 1 is 0.778 bits per heavy atom. The fourth-order valence-electron chi connectivity index (χ4n) is 2.01. The second kappa shape index (κ2) is 4.29. The molecule has 0 fully saturated rings. The molecule has 0 saturated carbocycles. The van der Waals surface area contributed by atoms with Crippen molar-refractivity contribution in [1.29, 1.82) is 0 Å². The highest BCUT2D eigenvalue weighted by Crippen LogP contribution is 2.29. The molecule has 0 spiro atoms. The van der Waals surface area contributed by atoms with Crippen LogP contribution >= 0.6 is 0 Å². The zero-order valence-corrected chi connectivity index (χ0v) is 10.8. The lowest BCUT2D eigenvalue weighted by Gasteiger charge is -2.19. The number of ether oxygens (including phenoxy) is 2. The van der Waals surface area contributed by atoms with E-state index >= 15 is 0 Å². The average Bonchev–Trinajstić information content (AvgIpc) is 2.35. The average molecular weight is 246 g/mol. The molecular formula is C14H14O4. The van der Waals surface area contributed by atoms with Crippen molar-refractivity contribution in [2.24, 2.45) is 0 Å². The van der Waals surface area contributed by atoms with Crippen LogP contribution in [-0.4, -0.2) is 25.8 Å². The fraction of sp³-hybridized carbons (Fsp3) is 0.286. The van der Waals surface area contributed by atoms with E-state index < -0.39 is 0 Å². The van der Waals surface area contributed by atoms with Crippen molar-refractivity contribution in [2.45, 2.75) is 13.8 Å². The first-order valence-electron chi connectivity index (χ1n) is 5.54. The highest BCUT2D eigenvalue weighted by molar-refractivity contribution is 6.25. The molecule has 4 nitrogen and oxygen atoms in total. The van der Waals surface area contributed by atoms with Gasteiger partial charge in [-0.1, -0.05) is 0 Å². The molecule has 0 N–H and O–H groups in total. The molecule has 0 bridgehead atoms. The van der Waals surface area contributed by atoms with E-state index in [1.54, 1.807) is 12.1 Å². The number of benzene rings is 1. The van der Waals surface area contributed by atoms with Crippen molar-refractivity contribution in [3.63, 3.8) is 0 Å². The Labute approximate surface area is 105 Å². The Kier molecular flexibility index (Phi) is 2.95. The third-order valence-corrected chi connectivity index (χ3v) is 3.15. The molecule has 2 rings (SSSR count). The van der Waals surface area contributed by atoms with Gasteiger partial charge >= 0.3 is 0 Å². The Balaban J connectivity index is 2.72. The van der Waals surface area contributed by atoms with Crippen LogP contribution in [0.15, 0.2) is 23.7 Å². The van der Waals surface area contributed by atoms with E-state index in [4.69, 9.17) is 9.47 Å². The van der Waals surface area contributed by atoms with Gasteiger partial charge in [-0.25, -0.2) is 0 Å². The van der Waals surface area contributed by atoms with E-state index in [2.05, 4.69) is 0 Å². The number of aryl methyl sites for hydroxylation is 2. The summed E-state index contributed by atoms with van der Waals surface area (Å²) in [4.78, 5) is 24.4. The van der Waals surface area contributed by atoms with Gasteiger partial charge in [0.1, 0.15) is 0 Å². The maximum atomic E-state index is 12.2. The van der Waals surface area contributed by atoms with Gasteiger partial charge < -0.3 is 9.47 Å². The highest BCUT2D eigenvalue weighted by Gasteiger charge is 2.34. The van der Waals surface area contributed by atoms with E-state index in [1.807, 2.05) is 13.8 Å². The van der Waals surface area contributed by atoms with Gasteiger partial charge in [0, 0.05) is 11.1 Å². The van der Waals surface area contributed by atoms with Gasteiger partial charge in [-0.3, -0.25) is 9.59 Å². The van der Waals surface area contributed by atoms with Crippen LogP contribution in [0.3, 0.4) is 0 Å². The number of Topliss-reactive ketones (excluding diaryl/α,β-unsaturated/α-hetero) is 2. The van der Waals surface area contributed by atoms with Crippen molar-refractivity contribution >= 4 is 11.6 Å². The fourth-order valence-corrected chi connectivity index (χ4v) is 2.01. The number of methoxy groups -OCH3 is 2. The molecule has 1 aliphatic rings. The first kappa shape index (κ1) is 12.4. The summed E-state index contributed by atoms with van der Waals surface area (Å²) in [5.74, 6) is -0.685. The zero-order valence-electron chi connectivity index (χ0n) is 10.8. The molecule has 1 aromatic carbocycles. The predicted octanol–water partition coefficient (Wildman–Crippen LogP) is 2.19. The lowest BCUT2D eigenvalue weighted by atomic mass is 9.89. The number of hydrogen-bond acceptors (Lipinski definition) is 4. The third kappa shape index (κ3) is 1.61. The van der Waals surface area contributed by atoms with Crippen LogP contribution < -0.4 is 0 Å². The van der Waals surface area contributed by atoms with Crippen LogP contribution in [0.4, 0.5) is 0 Å². The van der Waals surface area contributed by atoms with E-state index in [0.29, 0.717) is 11.1 Å². The summed E-state index contributed by atoms with van der Waals surface area (Å²) in [7, 11) is 2.71. The lowest BCUT2D eigenvalue weighted by Crippen LogP contribution is -2.24. The topological polar surface area (TPSA) is 52.6 Å². The summed E-state index contributed by atoms with van der Waals surface area (Å²) < 4.78 is 9.98. The molecule has 0 heterocycles. The maximum Gasteiger partial charge on any atom is 0.232 e. The molecule has 0 amide bonds. The minimum atomic E-state index is -0.313. The van der Waals surface area contributed by atoms with E-state index in [-0.39, 0.29) is 23.1 Å². The van der Waals surface area contributed by atoms with Gasteiger partial charge in [0.2, 0.25) is 23.1 Å². The molecule has 0 atom stereocenters. The Morgan fingerprint density at radius 2 is 1.11 bits per heavy atom. The number of hydrogen-bond donors (Lipinski definition) is 0. The summed E-state index contributed by atoms with van der Waals surface area (Å²) in [5, 5.41) is 0. The van der Waals surface area contributed by atoms with Gasteiger partial charge in [0.15, 0.2) is 0 Å². The van der Waals surface area contributed by atoms with Crippen molar-refractivity contribution < 1.29 is 19.1 Å². The number of ketones is 2. The van der Waals surface area contributed by atoms with Crippen molar-refractivity contribution in [3.05, 3.63) is 45.9 Å². The van der Waals surface area contributed by atoms with Crippen LogP contribution in [0.5, 0.6) is 0 Å². The minimum Gasteiger partial charge on any atom is -0.489 e. The quantitative estimate of drug-likeness (QED) is 0.802. The monoisotopic (exact) mass is 246 g/mol. The summed E-state index contributed by atoms with van der Waals surface area (Å²) >= 11 is 0. The number of carbonyl (C=O) groups is 2. The molecule has 4 heteroatoms. The SMILES string of the molecule is COC1=C(OC)C(=O)c2cc(C)c(C)cc2C1=O. The van der Waals surface area contributed by atoms with E-state index in [1.165, 1.54) is 14.2 Å². The van der Waals surface area contributed by atoms with Crippen molar-refractivity contribution in [3.8, 4) is 0 Å². The molecular weight excluding hydrogens is 232 g/mol. The summed E-state index contributed by atoms with van der Waals surface area (Å²) in [6, 6.07) is 3.44. The number of allylic oxidation sites excluding steroid dienone is 2. The molecule has 18 heavy (non-hydrogen) atoms. The Hall–Kier alpha value is -2.10. The van der Waals surface area contributed by atoms with Gasteiger partial charge in [0.25, 0.3) is 0 Å². The first-order valence-corrected chi connectivity index (χ1v) is 5.54. The largest absolute Gasteiger partial charge is 0.489 e. The Morgan fingerprint density at radius 3 is 1.39 bits per heavy atom. The number of rotatable bonds is 2. The second-order valence-corrected chi connectivity index (χ2v) is 4.21. The van der Waals surface area contributed by atoms with Gasteiger partial charge in [-0.2, -0.15) is 0 Å². The molecule has 1 aliphatic carbocycles. The van der Waals surface area contributed by atoms with Gasteiger partial charge in [-0.15, -0.1) is 0 Å². The summed E-state index contributed by atoms with van der Waals surface area (Å²) in [6.07, 6.45) is 0. The van der Waals surface area contributed by atoms with E-state index in [9.17, 15) is 9.59 Å².